The molecule has 0 saturated heterocycles. The molecule has 0 N–H and O–H groups in total. The summed E-state index contributed by atoms with van der Waals surface area (Å²) in [6, 6.07) is 54.2. The van der Waals surface area contributed by atoms with Crippen molar-refractivity contribution in [1.82, 2.24) is 15.0 Å². The van der Waals surface area contributed by atoms with E-state index in [1.165, 1.54) is 20.7 Å². The van der Waals surface area contributed by atoms with Crippen molar-refractivity contribution in [3.8, 4) is 45.3 Å². The minimum atomic E-state index is -0.0733. The van der Waals surface area contributed by atoms with Crippen molar-refractivity contribution in [2.24, 2.45) is 15.9 Å². The van der Waals surface area contributed by atoms with E-state index >= 15 is 0 Å². The summed E-state index contributed by atoms with van der Waals surface area (Å²) in [5, 5.41) is 3.34. The summed E-state index contributed by atoms with van der Waals surface area (Å²) < 4.78 is 1.21. The van der Waals surface area contributed by atoms with E-state index in [-0.39, 0.29) is 11.2 Å². The van der Waals surface area contributed by atoms with Gasteiger partial charge in [-0.25, -0.2) is 24.9 Å². The molecular formula is C49H33N5S2. The number of fused-ring (bicyclic) bond motifs is 4. The average Bonchev–Trinajstić information content (AvgIpc) is 3.87. The molecule has 0 bridgehead atoms. The molecule has 1 aliphatic heterocycles. The molecule has 1 aliphatic carbocycles. The number of aromatic nitrogens is 3. The fourth-order valence-corrected chi connectivity index (χ4v) is 9.66. The Hall–Kier alpha value is -6.54. The smallest absolute Gasteiger partial charge is 0.164 e. The van der Waals surface area contributed by atoms with E-state index in [1.54, 1.807) is 11.3 Å². The van der Waals surface area contributed by atoms with Gasteiger partial charge in [0.05, 0.1) is 11.6 Å². The number of allylic oxidation sites excluding steroid dienone is 2. The Morgan fingerprint density at radius 3 is 1.98 bits per heavy atom. The first-order valence-electron chi connectivity index (χ1n) is 18.6. The zero-order valence-electron chi connectivity index (χ0n) is 30.1. The van der Waals surface area contributed by atoms with Crippen LogP contribution in [0.3, 0.4) is 0 Å². The Labute approximate surface area is 333 Å². The molecule has 0 fully saturated rings. The lowest BCUT2D eigenvalue weighted by Gasteiger charge is -2.24. The minimum Gasteiger partial charge on any atom is -0.240 e. The second kappa shape index (κ2) is 14.9. The van der Waals surface area contributed by atoms with Gasteiger partial charge in [-0.05, 0) is 34.4 Å². The first-order chi connectivity index (χ1) is 27.7. The predicted octanol–water partition coefficient (Wildman–Crippen LogP) is 12.6. The monoisotopic (exact) mass is 755 g/mol. The number of hydrogen-bond acceptors (Lipinski definition) is 6. The van der Waals surface area contributed by atoms with Gasteiger partial charge in [0.15, 0.2) is 17.5 Å². The largest absolute Gasteiger partial charge is 0.240 e. The van der Waals surface area contributed by atoms with Crippen molar-refractivity contribution < 1.29 is 0 Å². The van der Waals surface area contributed by atoms with Crippen molar-refractivity contribution >= 4 is 56.5 Å². The summed E-state index contributed by atoms with van der Waals surface area (Å²) in [4.78, 5) is 27.0. The van der Waals surface area contributed by atoms with Gasteiger partial charge in [-0.15, -0.1) is 23.1 Å². The highest BCUT2D eigenvalue weighted by Gasteiger charge is 2.38. The highest BCUT2D eigenvalue weighted by molar-refractivity contribution is 8.01. The van der Waals surface area contributed by atoms with Crippen molar-refractivity contribution in [2.75, 3.05) is 0 Å². The maximum absolute atomic E-state index is 5.31. The van der Waals surface area contributed by atoms with Crippen molar-refractivity contribution in [3.05, 3.63) is 192 Å². The Kier molecular flexibility index (Phi) is 9.07. The quantitative estimate of drug-likeness (QED) is 0.120. The first kappa shape index (κ1) is 34.0. The summed E-state index contributed by atoms with van der Waals surface area (Å²) in [6.45, 7) is 0. The SMILES string of the molecule is C1=CC(C(N=Cc2ccccc2)=Nc2csc3ccccc23)C2Sc3cccc(-c4nc(-c5ccccc5)nc(-c5ccc(-c6ccccc6)cc5)n4)c3C2=C1. The van der Waals surface area contributed by atoms with Gasteiger partial charge in [0, 0.05) is 54.1 Å². The predicted molar refractivity (Wildman–Crippen MR) is 235 cm³/mol. The lowest BCUT2D eigenvalue weighted by Crippen LogP contribution is -2.24. The Bertz CT molecular complexity index is 2820. The summed E-state index contributed by atoms with van der Waals surface area (Å²) in [6.07, 6.45) is 8.58. The summed E-state index contributed by atoms with van der Waals surface area (Å²) in [7, 11) is 0. The van der Waals surface area contributed by atoms with Crippen molar-refractivity contribution in [2.45, 2.75) is 10.1 Å². The maximum atomic E-state index is 5.31. The van der Waals surface area contributed by atoms with E-state index in [0.29, 0.717) is 17.5 Å². The molecule has 2 atom stereocenters. The highest BCUT2D eigenvalue weighted by Crippen LogP contribution is 2.53. The molecule has 2 unspecified atom stereocenters. The van der Waals surface area contributed by atoms with Gasteiger partial charge in [-0.2, -0.15) is 0 Å². The van der Waals surface area contributed by atoms with Crippen molar-refractivity contribution in [3.63, 3.8) is 0 Å². The van der Waals surface area contributed by atoms with E-state index in [1.807, 2.05) is 60.4 Å². The summed E-state index contributed by atoms with van der Waals surface area (Å²) in [5.41, 5.74) is 9.52. The van der Waals surface area contributed by atoms with Crippen LogP contribution in [0.5, 0.6) is 0 Å². The van der Waals surface area contributed by atoms with Crippen LogP contribution in [0.1, 0.15) is 11.1 Å². The molecule has 6 aromatic carbocycles. The molecular weight excluding hydrogens is 723 g/mol. The molecule has 266 valence electrons. The highest BCUT2D eigenvalue weighted by atomic mass is 32.2. The van der Waals surface area contributed by atoms with Gasteiger partial charge in [0.2, 0.25) is 0 Å². The number of amidine groups is 1. The Morgan fingerprint density at radius 2 is 1.21 bits per heavy atom. The van der Waals surface area contributed by atoms with Crippen LogP contribution in [0, 0.1) is 5.92 Å². The lowest BCUT2D eigenvalue weighted by molar-refractivity contribution is 0.899. The number of benzene rings is 6. The maximum Gasteiger partial charge on any atom is 0.164 e. The molecule has 0 radical (unpaired) electrons. The molecule has 3 heterocycles. The standard InChI is InChI=1S/C49H33N5S2/c1-4-14-32(15-5-1)30-50-48(51-41-31-55-42-24-11-10-20-37(41)42)40-23-12-21-38-44-39(22-13-25-43(44)56-45(38)40)49-53-46(35-18-8-3-9-19-35)52-47(54-49)36-28-26-34(27-29-36)33-16-6-2-7-17-33/h1-31,40,45H. The number of thioether (sulfide) groups is 1. The van der Waals surface area contributed by atoms with Crippen LogP contribution in [0.15, 0.2) is 196 Å². The topological polar surface area (TPSA) is 63.4 Å². The molecule has 10 rings (SSSR count). The normalized spacial score (nSPS) is 16.2. The molecule has 7 heteroatoms. The number of hydrogen-bond donors (Lipinski definition) is 0. The van der Waals surface area contributed by atoms with Crippen LogP contribution in [-0.2, 0) is 0 Å². The molecule has 56 heavy (non-hydrogen) atoms. The molecule has 0 saturated carbocycles. The number of thiophene rings is 1. The zero-order chi connectivity index (χ0) is 37.3. The fraction of sp³-hybridized carbons (Fsp3) is 0.0408. The van der Waals surface area contributed by atoms with Crippen LogP contribution in [0.2, 0.25) is 0 Å². The summed E-state index contributed by atoms with van der Waals surface area (Å²) >= 11 is 3.57. The zero-order valence-corrected chi connectivity index (χ0v) is 31.7. The Balaban J connectivity index is 1.06. The van der Waals surface area contributed by atoms with E-state index in [0.717, 1.165) is 50.3 Å². The number of rotatable bonds is 7. The van der Waals surface area contributed by atoms with Gasteiger partial charge in [-0.1, -0.05) is 164 Å². The molecule has 0 spiro atoms. The van der Waals surface area contributed by atoms with Gasteiger partial charge in [0.25, 0.3) is 0 Å². The van der Waals surface area contributed by atoms with E-state index < -0.39 is 0 Å². The van der Waals surface area contributed by atoms with Gasteiger partial charge < -0.3 is 0 Å². The third-order valence-corrected chi connectivity index (χ3v) is 12.4. The first-order valence-corrected chi connectivity index (χ1v) is 20.3. The van der Waals surface area contributed by atoms with E-state index in [4.69, 9.17) is 24.9 Å². The molecule has 2 aromatic heterocycles. The third-order valence-electron chi connectivity index (χ3n) is 10.1. The number of aliphatic imine (C=N–C) groups is 2. The van der Waals surface area contributed by atoms with Crippen LogP contribution >= 0.6 is 23.1 Å². The van der Waals surface area contributed by atoms with Crippen molar-refractivity contribution in [1.29, 1.82) is 0 Å². The molecule has 5 nitrogen and oxygen atoms in total. The summed E-state index contributed by atoms with van der Waals surface area (Å²) in [5.74, 6) is 2.62. The molecule has 2 aliphatic rings. The third kappa shape index (κ3) is 6.61. The second-order valence-corrected chi connectivity index (χ2v) is 15.7. The molecule has 0 amide bonds. The second-order valence-electron chi connectivity index (χ2n) is 13.6. The van der Waals surface area contributed by atoms with Gasteiger partial charge >= 0.3 is 0 Å². The molecule has 8 aromatic rings. The van der Waals surface area contributed by atoms with E-state index in [9.17, 15) is 0 Å². The minimum absolute atomic E-state index is 0.0631. The van der Waals surface area contributed by atoms with Gasteiger partial charge in [0.1, 0.15) is 5.84 Å². The van der Waals surface area contributed by atoms with Crippen LogP contribution in [-0.4, -0.2) is 32.3 Å². The van der Waals surface area contributed by atoms with E-state index in [2.05, 4.69) is 139 Å². The van der Waals surface area contributed by atoms with Crippen LogP contribution in [0.25, 0.3) is 60.9 Å². The average molecular weight is 756 g/mol. The Morgan fingerprint density at radius 1 is 0.589 bits per heavy atom. The van der Waals surface area contributed by atoms with Crippen LogP contribution in [0.4, 0.5) is 5.69 Å². The lowest BCUT2D eigenvalue weighted by atomic mass is 9.86. The number of nitrogens with zero attached hydrogens (tertiary/aromatic N) is 5. The van der Waals surface area contributed by atoms with Crippen LogP contribution < -0.4 is 0 Å². The fourth-order valence-electron chi connectivity index (χ4n) is 7.33. The van der Waals surface area contributed by atoms with Gasteiger partial charge in [-0.3, -0.25) is 0 Å².